The molecule has 0 aromatic heterocycles. The largest absolute Gasteiger partial charge is 0.496 e. The molecule has 0 heterocycles. The van der Waals surface area contributed by atoms with Crippen LogP contribution >= 0.6 is 11.6 Å². The molecule has 2 N–H and O–H groups in total. The summed E-state index contributed by atoms with van der Waals surface area (Å²) in [7, 11) is 1.68. The first-order chi connectivity index (χ1) is 7.77. The van der Waals surface area contributed by atoms with Crippen LogP contribution < -0.4 is 10.5 Å². The molecule has 2 rings (SSSR count). The Labute approximate surface area is 100.0 Å². The topological polar surface area (TPSA) is 35.2 Å². The van der Waals surface area contributed by atoms with Gasteiger partial charge in [0.2, 0.25) is 0 Å². The van der Waals surface area contributed by atoms with Gasteiger partial charge in [0.1, 0.15) is 5.75 Å². The number of ether oxygens (including phenoxy) is 1. The summed E-state index contributed by atoms with van der Waals surface area (Å²) in [5.74, 6) is 0.880. The first-order valence-corrected chi connectivity index (χ1v) is 5.60. The molecule has 0 saturated heterocycles. The maximum Gasteiger partial charge on any atom is 0.130 e. The molecule has 2 aromatic rings. The summed E-state index contributed by atoms with van der Waals surface area (Å²) in [6.07, 6.45) is 0.772. The van der Waals surface area contributed by atoms with Crippen LogP contribution in [0.15, 0.2) is 30.3 Å². The molecular weight excluding hydrogens is 222 g/mol. The molecule has 3 heteroatoms. The second-order valence-corrected chi connectivity index (χ2v) is 4.04. The van der Waals surface area contributed by atoms with Gasteiger partial charge in [-0.25, -0.2) is 0 Å². The molecule has 0 amide bonds. The Balaban J connectivity index is 2.74. The summed E-state index contributed by atoms with van der Waals surface area (Å²) < 4.78 is 5.45. The monoisotopic (exact) mass is 235 g/mol. The maximum atomic E-state index is 6.23. The fourth-order valence-electron chi connectivity index (χ4n) is 1.94. The van der Waals surface area contributed by atoms with Crippen LogP contribution in [0.3, 0.4) is 0 Å². The molecule has 0 bridgehead atoms. The lowest BCUT2D eigenvalue weighted by atomic mass is 10.0. The maximum absolute atomic E-state index is 6.23. The van der Waals surface area contributed by atoms with Gasteiger partial charge in [0.15, 0.2) is 0 Å². The molecule has 0 aliphatic rings. The SMILES string of the molecule is COc1c(CCN)cc(Cl)c2ccccc12. The Kier molecular flexibility index (Phi) is 3.32. The highest BCUT2D eigenvalue weighted by molar-refractivity contribution is 6.35. The minimum atomic E-state index is 0.588. The molecule has 84 valence electrons. The van der Waals surface area contributed by atoms with E-state index in [0.717, 1.165) is 33.5 Å². The van der Waals surface area contributed by atoms with E-state index in [1.807, 2.05) is 30.3 Å². The van der Waals surface area contributed by atoms with Crippen molar-refractivity contribution in [1.29, 1.82) is 0 Å². The zero-order chi connectivity index (χ0) is 11.5. The van der Waals surface area contributed by atoms with Gasteiger partial charge in [-0.15, -0.1) is 0 Å². The summed E-state index contributed by atoms with van der Waals surface area (Å²) in [5.41, 5.74) is 6.64. The summed E-state index contributed by atoms with van der Waals surface area (Å²) in [4.78, 5) is 0. The molecule has 16 heavy (non-hydrogen) atoms. The Bertz CT molecular complexity index is 511. The van der Waals surface area contributed by atoms with Gasteiger partial charge in [0.25, 0.3) is 0 Å². The summed E-state index contributed by atoms with van der Waals surface area (Å²) in [6.45, 7) is 0.588. The van der Waals surface area contributed by atoms with Crippen molar-refractivity contribution in [3.05, 3.63) is 40.9 Å². The third-order valence-corrected chi connectivity index (χ3v) is 2.95. The summed E-state index contributed by atoms with van der Waals surface area (Å²) in [5, 5.41) is 2.81. The van der Waals surface area contributed by atoms with Gasteiger partial charge in [0.05, 0.1) is 7.11 Å². The second kappa shape index (κ2) is 4.73. The average molecular weight is 236 g/mol. The number of halogens is 1. The molecular formula is C13H14ClNO. The number of hydrogen-bond acceptors (Lipinski definition) is 2. The van der Waals surface area contributed by atoms with Crippen molar-refractivity contribution in [3.63, 3.8) is 0 Å². The molecule has 0 aliphatic carbocycles. The van der Waals surface area contributed by atoms with E-state index < -0.39 is 0 Å². The molecule has 0 radical (unpaired) electrons. The number of fused-ring (bicyclic) bond motifs is 1. The van der Waals surface area contributed by atoms with Crippen LogP contribution in [-0.4, -0.2) is 13.7 Å². The van der Waals surface area contributed by atoms with Gasteiger partial charge in [-0.3, -0.25) is 0 Å². The lowest BCUT2D eigenvalue weighted by Crippen LogP contribution is -2.04. The zero-order valence-corrected chi connectivity index (χ0v) is 9.92. The average Bonchev–Trinajstić information content (AvgIpc) is 2.30. The van der Waals surface area contributed by atoms with E-state index in [9.17, 15) is 0 Å². The molecule has 0 unspecified atom stereocenters. The smallest absolute Gasteiger partial charge is 0.130 e. The van der Waals surface area contributed by atoms with Crippen molar-refractivity contribution in [3.8, 4) is 5.75 Å². The lowest BCUT2D eigenvalue weighted by molar-refractivity contribution is 0.415. The Hall–Kier alpha value is -1.25. The van der Waals surface area contributed by atoms with Crippen LogP contribution in [0.4, 0.5) is 0 Å². The quantitative estimate of drug-likeness (QED) is 0.888. The lowest BCUT2D eigenvalue weighted by Gasteiger charge is -2.12. The Morgan fingerprint density at radius 2 is 1.94 bits per heavy atom. The van der Waals surface area contributed by atoms with E-state index in [-0.39, 0.29) is 0 Å². The van der Waals surface area contributed by atoms with Crippen molar-refractivity contribution < 1.29 is 4.74 Å². The molecule has 0 aliphatic heterocycles. The van der Waals surface area contributed by atoms with E-state index in [1.165, 1.54) is 0 Å². The van der Waals surface area contributed by atoms with Gasteiger partial charge in [-0.05, 0) is 24.6 Å². The van der Waals surface area contributed by atoms with E-state index in [1.54, 1.807) is 7.11 Å². The van der Waals surface area contributed by atoms with Crippen molar-refractivity contribution >= 4 is 22.4 Å². The Morgan fingerprint density at radius 3 is 2.56 bits per heavy atom. The fraction of sp³-hybridized carbons (Fsp3) is 0.231. The molecule has 0 fully saturated rings. The van der Waals surface area contributed by atoms with Gasteiger partial charge in [0, 0.05) is 15.8 Å². The van der Waals surface area contributed by atoms with Crippen LogP contribution in [0.25, 0.3) is 10.8 Å². The highest BCUT2D eigenvalue weighted by Gasteiger charge is 2.10. The second-order valence-electron chi connectivity index (χ2n) is 3.64. The first-order valence-electron chi connectivity index (χ1n) is 5.22. The highest BCUT2D eigenvalue weighted by atomic mass is 35.5. The zero-order valence-electron chi connectivity index (χ0n) is 9.16. The van der Waals surface area contributed by atoms with Crippen molar-refractivity contribution in [2.75, 3.05) is 13.7 Å². The predicted octanol–water partition coefficient (Wildman–Crippen LogP) is 3.00. The number of rotatable bonds is 3. The number of nitrogens with two attached hydrogens (primary N) is 1. The standard InChI is InChI=1S/C13H14ClNO/c1-16-13-9(6-7-15)8-12(14)10-4-2-3-5-11(10)13/h2-5,8H,6-7,15H2,1H3. The number of benzene rings is 2. The van der Waals surface area contributed by atoms with Crippen molar-refractivity contribution in [2.24, 2.45) is 5.73 Å². The molecule has 0 saturated carbocycles. The van der Waals surface area contributed by atoms with E-state index in [4.69, 9.17) is 22.1 Å². The summed E-state index contributed by atoms with van der Waals surface area (Å²) in [6, 6.07) is 9.89. The van der Waals surface area contributed by atoms with E-state index >= 15 is 0 Å². The predicted molar refractivity (Wildman–Crippen MR) is 68.3 cm³/mol. The number of hydrogen-bond donors (Lipinski definition) is 1. The van der Waals surface area contributed by atoms with Crippen LogP contribution in [0.5, 0.6) is 5.75 Å². The minimum absolute atomic E-state index is 0.588. The van der Waals surface area contributed by atoms with Gasteiger partial charge in [-0.2, -0.15) is 0 Å². The normalized spacial score (nSPS) is 10.7. The third-order valence-electron chi connectivity index (χ3n) is 2.64. The van der Waals surface area contributed by atoms with Crippen LogP contribution in [0.2, 0.25) is 5.02 Å². The van der Waals surface area contributed by atoms with Gasteiger partial charge < -0.3 is 10.5 Å². The first kappa shape index (κ1) is 11.2. The van der Waals surface area contributed by atoms with Crippen LogP contribution in [0, 0.1) is 0 Å². The van der Waals surface area contributed by atoms with E-state index in [0.29, 0.717) is 6.54 Å². The fourth-order valence-corrected chi connectivity index (χ4v) is 2.24. The molecule has 2 aromatic carbocycles. The third kappa shape index (κ3) is 1.86. The van der Waals surface area contributed by atoms with Crippen molar-refractivity contribution in [1.82, 2.24) is 0 Å². The van der Waals surface area contributed by atoms with Gasteiger partial charge in [-0.1, -0.05) is 35.9 Å². The molecule has 0 spiro atoms. The van der Waals surface area contributed by atoms with Crippen molar-refractivity contribution in [2.45, 2.75) is 6.42 Å². The number of methoxy groups -OCH3 is 1. The van der Waals surface area contributed by atoms with Gasteiger partial charge >= 0.3 is 0 Å². The highest BCUT2D eigenvalue weighted by Crippen LogP contribution is 2.35. The summed E-state index contributed by atoms with van der Waals surface area (Å²) >= 11 is 6.23. The minimum Gasteiger partial charge on any atom is -0.496 e. The van der Waals surface area contributed by atoms with Crippen LogP contribution in [0.1, 0.15) is 5.56 Å². The Morgan fingerprint density at radius 1 is 1.25 bits per heavy atom. The molecule has 0 atom stereocenters. The van der Waals surface area contributed by atoms with E-state index in [2.05, 4.69) is 0 Å². The van der Waals surface area contributed by atoms with Crippen LogP contribution in [-0.2, 0) is 6.42 Å². The molecule has 2 nitrogen and oxygen atoms in total.